The maximum atomic E-state index is 14.4. The normalized spacial score (nSPS) is 25.4. The molecule has 3 aromatic rings. The van der Waals surface area contributed by atoms with Gasteiger partial charge in [0.25, 0.3) is 5.91 Å². The standard InChI is InChI=1S/C20H18F5N5O3/c1-9-14(11-5-6-12(21)15(22)16(11)32-3)17(33-19(9,2)20(23,24)25)18(31)26-10-4-7-13-27-28-29-30(13)8-10/h4-9,14,17H,1-3H3,(H,26,31)/t9-,14?,17?,19+/m0/s1. The quantitative estimate of drug-likeness (QED) is 0.586. The van der Waals surface area contributed by atoms with Crippen molar-refractivity contribution in [3.05, 3.63) is 47.7 Å². The van der Waals surface area contributed by atoms with E-state index in [0.29, 0.717) is 5.65 Å². The van der Waals surface area contributed by atoms with E-state index in [2.05, 4.69) is 20.8 Å². The summed E-state index contributed by atoms with van der Waals surface area (Å²) in [5.41, 5.74) is -2.29. The fourth-order valence-electron chi connectivity index (χ4n) is 4.07. The van der Waals surface area contributed by atoms with E-state index >= 15 is 0 Å². The van der Waals surface area contributed by atoms with Crippen molar-refractivity contribution in [2.45, 2.75) is 37.6 Å². The molecule has 13 heteroatoms. The van der Waals surface area contributed by atoms with Crippen LogP contribution in [0.5, 0.6) is 5.75 Å². The van der Waals surface area contributed by atoms with Crippen LogP contribution in [0.25, 0.3) is 5.65 Å². The number of halogens is 5. The Hall–Kier alpha value is -3.35. The molecule has 2 aromatic heterocycles. The molecule has 1 amide bonds. The molecule has 4 rings (SSSR count). The molecule has 176 valence electrons. The number of nitrogens with one attached hydrogen (secondary N) is 1. The number of nitrogens with zero attached hydrogens (tertiary/aromatic N) is 4. The Balaban J connectivity index is 1.76. The third-order valence-electron chi connectivity index (χ3n) is 6.03. The van der Waals surface area contributed by atoms with Crippen molar-refractivity contribution in [2.75, 3.05) is 12.4 Å². The summed E-state index contributed by atoms with van der Waals surface area (Å²) in [6, 6.07) is 4.81. The first-order chi connectivity index (χ1) is 15.5. The molecule has 2 unspecified atom stereocenters. The van der Waals surface area contributed by atoms with E-state index in [1.165, 1.54) is 29.8 Å². The van der Waals surface area contributed by atoms with Crippen LogP contribution in [0.4, 0.5) is 27.6 Å². The Bertz CT molecular complexity index is 1220. The van der Waals surface area contributed by atoms with Crippen molar-refractivity contribution < 1.29 is 36.2 Å². The first-order valence-electron chi connectivity index (χ1n) is 9.73. The number of ether oxygens (including phenoxy) is 2. The average molecular weight is 471 g/mol. The third-order valence-corrected chi connectivity index (χ3v) is 6.03. The zero-order chi connectivity index (χ0) is 24.1. The van der Waals surface area contributed by atoms with Crippen molar-refractivity contribution in [1.82, 2.24) is 20.0 Å². The summed E-state index contributed by atoms with van der Waals surface area (Å²) in [6.45, 7) is 2.05. The number of benzene rings is 1. The number of pyridine rings is 1. The van der Waals surface area contributed by atoms with Gasteiger partial charge in [-0.25, -0.2) is 4.39 Å². The lowest BCUT2D eigenvalue weighted by molar-refractivity contribution is -0.272. The molecular weight excluding hydrogens is 453 g/mol. The molecule has 33 heavy (non-hydrogen) atoms. The third kappa shape index (κ3) is 3.65. The van der Waals surface area contributed by atoms with Crippen molar-refractivity contribution in [2.24, 2.45) is 5.92 Å². The highest BCUT2D eigenvalue weighted by Gasteiger charge is 2.65. The van der Waals surface area contributed by atoms with Crippen LogP contribution in [0.15, 0.2) is 30.5 Å². The van der Waals surface area contributed by atoms with Crippen LogP contribution in [-0.4, -0.2) is 50.9 Å². The fraction of sp³-hybridized carbons (Fsp3) is 0.400. The predicted octanol–water partition coefficient (Wildman–Crippen LogP) is 3.49. The maximum absolute atomic E-state index is 14.4. The van der Waals surface area contributed by atoms with E-state index in [1.54, 1.807) is 0 Å². The average Bonchev–Trinajstić information content (AvgIpc) is 3.32. The van der Waals surface area contributed by atoms with Gasteiger partial charge in [0.15, 0.2) is 22.8 Å². The van der Waals surface area contributed by atoms with Crippen LogP contribution < -0.4 is 10.1 Å². The van der Waals surface area contributed by atoms with Crippen LogP contribution in [0.2, 0.25) is 0 Å². The van der Waals surface area contributed by atoms with E-state index in [4.69, 9.17) is 9.47 Å². The maximum Gasteiger partial charge on any atom is 0.417 e. The van der Waals surface area contributed by atoms with Gasteiger partial charge in [-0.2, -0.15) is 22.1 Å². The molecule has 4 atom stereocenters. The number of hydrogen-bond donors (Lipinski definition) is 1. The van der Waals surface area contributed by atoms with E-state index in [-0.39, 0.29) is 11.3 Å². The number of anilines is 1. The van der Waals surface area contributed by atoms with Gasteiger partial charge in [0.05, 0.1) is 19.0 Å². The Labute approximate surface area is 183 Å². The van der Waals surface area contributed by atoms with Gasteiger partial charge in [-0.15, -0.1) is 5.10 Å². The molecule has 0 radical (unpaired) electrons. The number of amides is 1. The van der Waals surface area contributed by atoms with Crippen LogP contribution in [-0.2, 0) is 9.53 Å². The van der Waals surface area contributed by atoms with Crippen LogP contribution in [0.1, 0.15) is 25.3 Å². The van der Waals surface area contributed by atoms with Gasteiger partial charge in [-0.1, -0.05) is 13.0 Å². The summed E-state index contributed by atoms with van der Waals surface area (Å²) >= 11 is 0. The van der Waals surface area contributed by atoms with Gasteiger partial charge in [0.1, 0.15) is 6.10 Å². The Morgan fingerprint density at radius 2 is 1.97 bits per heavy atom. The van der Waals surface area contributed by atoms with Gasteiger partial charge in [0, 0.05) is 17.4 Å². The first kappa shape index (κ1) is 22.8. The number of alkyl halides is 3. The monoisotopic (exact) mass is 471 g/mol. The summed E-state index contributed by atoms with van der Waals surface area (Å²) in [7, 11) is 1.06. The summed E-state index contributed by atoms with van der Waals surface area (Å²) in [6.07, 6.45) is -5.19. The van der Waals surface area contributed by atoms with E-state index < -0.39 is 53.0 Å². The molecule has 1 aliphatic rings. The van der Waals surface area contributed by atoms with E-state index in [0.717, 1.165) is 26.2 Å². The molecule has 1 fully saturated rings. The number of tetrazole rings is 1. The summed E-state index contributed by atoms with van der Waals surface area (Å²) < 4.78 is 81.5. The molecular formula is C20H18F5N5O3. The number of carbonyl (C=O) groups is 1. The minimum atomic E-state index is -4.85. The summed E-state index contributed by atoms with van der Waals surface area (Å²) in [4.78, 5) is 13.1. The second-order valence-corrected chi connectivity index (χ2v) is 7.83. The van der Waals surface area contributed by atoms with Crippen molar-refractivity contribution in [3.63, 3.8) is 0 Å². The zero-order valence-corrected chi connectivity index (χ0v) is 17.5. The lowest BCUT2D eigenvalue weighted by Gasteiger charge is -2.32. The second kappa shape index (κ2) is 7.90. The lowest BCUT2D eigenvalue weighted by Crippen LogP contribution is -2.47. The number of hydrogen-bond acceptors (Lipinski definition) is 6. The van der Waals surface area contributed by atoms with Crippen LogP contribution >= 0.6 is 0 Å². The molecule has 0 spiro atoms. The van der Waals surface area contributed by atoms with Crippen molar-refractivity contribution >= 4 is 17.2 Å². The fourth-order valence-corrected chi connectivity index (χ4v) is 4.07. The largest absolute Gasteiger partial charge is 0.493 e. The molecule has 1 N–H and O–H groups in total. The van der Waals surface area contributed by atoms with Gasteiger partial charge < -0.3 is 14.8 Å². The number of fused-ring (bicyclic) bond motifs is 1. The molecule has 0 aliphatic carbocycles. The molecule has 1 aliphatic heterocycles. The molecule has 8 nitrogen and oxygen atoms in total. The second-order valence-electron chi connectivity index (χ2n) is 7.83. The van der Waals surface area contributed by atoms with Crippen LogP contribution in [0, 0.1) is 17.6 Å². The topological polar surface area (TPSA) is 90.6 Å². The van der Waals surface area contributed by atoms with Crippen LogP contribution in [0.3, 0.4) is 0 Å². The van der Waals surface area contributed by atoms with Gasteiger partial charge in [0.2, 0.25) is 5.82 Å². The number of aromatic nitrogens is 4. The lowest BCUT2D eigenvalue weighted by atomic mass is 9.77. The SMILES string of the molecule is COc1c(C2C(C(=O)Nc3ccc4nnnn4c3)O[C@@](C)(C(F)(F)F)[C@H]2C)ccc(F)c1F. The summed E-state index contributed by atoms with van der Waals surface area (Å²) in [5, 5.41) is 13.3. The van der Waals surface area contributed by atoms with Crippen molar-refractivity contribution in [1.29, 1.82) is 0 Å². The van der Waals surface area contributed by atoms with Gasteiger partial charge in [-0.3, -0.25) is 4.79 Å². The molecule has 1 saturated heterocycles. The molecule has 0 saturated carbocycles. The molecule has 3 heterocycles. The Morgan fingerprint density at radius 1 is 1.24 bits per heavy atom. The number of carbonyl (C=O) groups excluding carboxylic acids is 1. The minimum absolute atomic E-state index is 0.118. The molecule has 0 bridgehead atoms. The zero-order valence-electron chi connectivity index (χ0n) is 17.5. The highest BCUT2D eigenvalue weighted by Crippen LogP contribution is 2.55. The van der Waals surface area contributed by atoms with Gasteiger partial charge in [-0.05, 0) is 35.5 Å². The highest BCUT2D eigenvalue weighted by atomic mass is 19.4. The number of methoxy groups -OCH3 is 1. The smallest absolute Gasteiger partial charge is 0.417 e. The minimum Gasteiger partial charge on any atom is -0.493 e. The van der Waals surface area contributed by atoms with E-state index in [1.807, 2.05) is 0 Å². The predicted molar refractivity (Wildman–Crippen MR) is 104 cm³/mol. The van der Waals surface area contributed by atoms with E-state index in [9.17, 15) is 26.7 Å². The van der Waals surface area contributed by atoms with Gasteiger partial charge >= 0.3 is 6.18 Å². The molecule has 1 aromatic carbocycles. The Kier molecular flexibility index (Phi) is 5.47. The van der Waals surface area contributed by atoms with Crippen molar-refractivity contribution in [3.8, 4) is 5.75 Å². The first-order valence-corrected chi connectivity index (χ1v) is 9.73. The number of rotatable bonds is 4. The highest BCUT2D eigenvalue weighted by molar-refractivity contribution is 5.95. The Morgan fingerprint density at radius 3 is 2.64 bits per heavy atom. The summed E-state index contributed by atoms with van der Waals surface area (Å²) in [5.74, 6) is -6.77.